The molecule has 0 atom stereocenters. The minimum absolute atomic E-state index is 0.114. The number of nitrogens with zero attached hydrogens (tertiary/aromatic N) is 2. The molecule has 1 heterocycles. The van der Waals surface area contributed by atoms with Crippen molar-refractivity contribution in [2.75, 3.05) is 12.9 Å². The minimum atomic E-state index is -0.114. The summed E-state index contributed by atoms with van der Waals surface area (Å²) in [5.41, 5.74) is 0.160. The van der Waals surface area contributed by atoms with E-state index >= 15 is 0 Å². The van der Waals surface area contributed by atoms with Gasteiger partial charge in [-0.05, 0) is 24.0 Å². The van der Waals surface area contributed by atoms with Gasteiger partial charge >= 0.3 is 5.97 Å². The topological polar surface area (TPSA) is 65.2 Å². The summed E-state index contributed by atoms with van der Waals surface area (Å²) >= 11 is 1.74. The number of methoxy groups -OCH3 is 1. The number of hydrogen-bond donors (Lipinski definition) is 0. The van der Waals surface area contributed by atoms with Crippen LogP contribution < -0.4 is 0 Å². The molecule has 6 heteroatoms. The third-order valence-corrected chi connectivity index (χ3v) is 4.17. The van der Waals surface area contributed by atoms with Gasteiger partial charge in [0.15, 0.2) is 0 Å². The summed E-state index contributed by atoms with van der Waals surface area (Å²) in [6.07, 6.45) is 2.75. The summed E-state index contributed by atoms with van der Waals surface area (Å²) in [5.74, 6) is 2.79. The Morgan fingerprint density at radius 2 is 2.29 bits per heavy atom. The molecule has 1 aromatic heterocycles. The molecule has 2 rings (SSSR count). The van der Waals surface area contributed by atoms with Crippen LogP contribution in [0.4, 0.5) is 0 Å². The third-order valence-electron chi connectivity index (χ3n) is 2.91. The maximum absolute atomic E-state index is 11.2. The zero-order valence-electron chi connectivity index (χ0n) is 10.1. The molecule has 0 radical (unpaired) electrons. The van der Waals surface area contributed by atoms with Crippen molar-refractivity contribution >= 4 is 17.7 Å². The molecule has 1 saturated carbocycles. The zero-order chi connectivity index (χ0) is 12.3. The third kappa shape index (κ3) is 3.46. The summed E-state index contributed by atoms with van der Waals surface area (Å²) in [6, 6.07) is 0. The first-order chi connectivity index (χ1) is 8.13. The summed E-state index contributed by atoms with van der Waals surface area (Å²) in [5, 5.41) is 7.71. The second kappa shape index (κ2) is 5.08. The van der Waals surface area contributed by atoms with E-state index in [-0.39, 0.29) is 11.4 Å². The van der Waals surface area contributed by atoms with Gasteiger partial charge in [0.25, 0.3) is 0 Å². The first kappa shape index (κ1) is 12.4. The van der Waals surface area contributed by atoms with E-state index in [1.54, 1.807) is 18.7 Å². The van der Waals surface area contributed by atoms with Gasteiger partial charge in [0.05, 0.1) is 19.3 Å². The lowest BCUT2D eigenvalue weighted by Gasteiger charge is -2.11. The Bertz CT molecular complexity index is 401. The molecule has 5 nitrogen and oxygen atoms in total. The zero-order valence-corrected chi connectivity index (χ0v) is 10.9. The molecule has 17 heavy (non-hydrogen) atoms. The van der Waals surface area contributed by atoms with Gasteiger partial charge in [-0.15, -0.1) is 10.2 Å². The van der Waals surface area contributed by atoms with Gasteiger partial charge < -0.3 is 9.15 Å². The van der Waals surface area contributed by atoms with Crippen LogP contribution in [0, 0.1) is 12.3 Å². The highest BCUT2D eigenvalue weighted by atomic mass is 32.2. The molecule has 0 N–H and O–H groups in total. The Morgan fingerprint density at radius 3 is 2.82 bits per heavy atom. The van der Waals surface area contributed by atoms with Crippen LogP contribution in [0.25, 0.3) is 0 Å². The number of aryl methyl sites for hydroxylation is 1. The van der Waals surface area contributed by atoms with Crippen LogP contribution in [0.15, 0.2) is 4.42 Å². The fourth-order valence-corrected chi connectivity index (χ4v) is 2.90. The molecular formula is C11H16N2O3S. The Morgan fingerprint density at radius 1 is 1.53 bits per heavy atom. The van der Waals surface area contributed by atoms with Crippen LogP contribution in [0.3, 0.4) is 0 Å². The van der Waals surface area contributed by atoms with Gasteiger partial charge in [-0.25, -0.2) is 0 Å². The Labute approximate surface area is 104 Å². The normalized spacial score (nSPS) is 16.8. The minimum Gasteiger partial charge on any atom is -0.469 e. The van der Waals surface area contributed by atoms with Gasteiger partial charge in [-0.1, -0.05) is 0 Å². The number of rotatable bonds is 6. The molecule has 0 saturated heterocycles. The standard InChI is InChI=1S/C11H16N2O3S/c1-8-12-13-9(16-8)6-17-7-11(3-4-11)5-10(14)15-2/h3-7H2,1-2H3. The summed E-state index contributed by atoms with van der Waals surface area (Å²) < 4.78 is 9.99. The number of aromatic nitrogens is 2. The van der Waals surface area contributed by atoms with Gasteiger partial charge in [-0.2, -0.15) is 11.8 Å². The number of ether oxygens (including phenoxy) is 1. The van der Waals surface area contributed by atoms with Crippen LogP contribution in [-0.2, 0) is 15.3 Å². The fourth-order valence-electron chi connectivity index (χ4n) is 1.68. The molecule has 0 aliphatic heterocycles. The van der Waals surface area contributed by atoms with Crippen molar-refractivity contribution in [2.24, 2.45) is 5.41 Å². The molecule has 0 aromatic carbocycles. The van der Waals surface area contributed by atoms with Crippen molar-refractivity contribution in [3.05, 3.63) is 11.8 Å². The summed E-state index contributed by atoms with van der Waals surface area (Å²) in [7, 11) is 1.44. The van der Waals surface area contributed by atoms with E-state index in [4.69, 9.17) is 9.15 Å². The van der Waals surface area contributed by atoms with Gasteiger partial charge in [0, 0.05) is 6.92 Å². The molecular weight excluding hydrogens is 240 g/mol. The van der Waals surface area contributed by atoms with E-state index in [1.165, 1.54) is 7.11 Å². The predicted molar refractivity (Wildman–Crippen MR) is 63.5 cm³/mol. The molecule has 1 aliphatic rings. The Kier molecular flexibility index (Phi) is 3.71. The predicted octanol–water partition coefficient (Wildman–Crippen LogP) is 1.95. The lowest BCUT2D eigenvalue weighted by atomic mass is 10.1. The molecule has 0 spiro atoms. The highest BCUT2D eigenvalue weighted by molar-refractivity contribution is 7.98. The number of carbonyl (C=O) groups excluding carboxylic acids is 1. The van der Waals surface area contributed by atoms with E-state index in [1.807, 2.05) is 0 Å². The number of esters is 1. The molecule has 1 aliphatic carbocycles. The maximum Gasteiger partial charge on any atom is 0.306 e. The number of carbonyl (C=O) groups is 1. The second-order valence-electron chi connectivity index (χ2n) is 4.46. The fraction of sp³-hybridized carbons (Fsp3) is 0.727. The Hall–Kier alpha value is -1.04. The lowest BCUT2D eigenvalue weighted by Crippen LogP contribution is -2.13. The molecule has 0 unspecified atom stereocenters. The molecule has 1 aromatic rings. The smallest absolute Gasteiger partial charge is 0.306 e. The molecule has 0 bridgehead atoms. The van der Waals surface area contributed by atoms with Gasteiger partial charge in [0.1, 0.15) is 0 Å². The number of hydrogen-bond acceptors (Lipinski definition) is 6. The van der Waals surface area contributed by atoms with E-state index in [2.05, 4.69) is 10.2 Å². The van der Waals surface area contributed by atoms with Crippen molar-refractivity contribution in [2.45, 2.75) is 31.9 Å². The second-order valence-corrected chi connectivity index (χ2v) is 5.45. The van der Waals surface area contributed by atoms with Crippen molar-refractivity contribution < 1.29 is 13.9 Å². The van der Waals surface area contributed by atoms with E-state index in [0.717, 1.165) is 18.6 Å². The number of thioether (sulfide) groups is 1. The largest absolute Gasteiger partial charge is 0.469 e. The van der Waals surface area contributed by atoms with Gasteiger partial charge in [0.2, 0.25) is 11.8 Å². The van der Waals surface area contributed by atoms with Crippen LogP contribution in [-0.4, -0.2) is 29.0 Å². The average Bonchev–Trinajstić information content (AvgIpc) is 2.93. The first-order valence-corrected chi connectivity index (χ1v) is 6.73. The summed E-state index contributed by atoms with van der Waals surface area (Å²) in [6.45, 7) is 1.78. The lowest BCUT2D eigenvalue weighted by molar-refractivity contribution is -0.141. The SMILES string of the molecule is COC(=O)CC1(CSCc2nnc(C)o2)CC1. The van der Waals surface area contributed by atoms with Crippen LogP contribution >= 0.6 is 11.8 Å². The maximum atomic E-state index is 11.2. The van der Waals surface area contributed by atoms with Crippen molar-refractivity contribution in [1.82, 2.24) is 10.2 Å². The quantitative estimate of drug-likeness (QED) is 0.725. The van der Waals surface area contributed by atoms with E-state index < -0.39 is 0 Å². The van der Waals surface area contributed by atoms with Crippen LogP contribution in [0.2, 0.25) is 0 Å². The van der Waals surface area contributed by atoms with E-state index in [0.29, 0.717) is 24.0 Å². The molecule has 1 fully saturated rings. The van der Waals surface area contributed by atoms with Gasteiger partial charge in [-0.3, -0.25) is 4.79 Å². The monoisotopic (exact) mass is 256 g/mol. The van der Waals surface area contributed by atoms with Crippen molar-refractivity contribution in [1.29, 1.82) is 0 Å². The average molecular weight is 256 g/mol. The van der Waals surface area contributed by atoms with Crippen molar-refractivity contribution in [3.8, 4) is 0 Å². The highest BCUT2D eigenvalue weighted by Crippen LogP contribution is 2.51. The first-order valence-electron chi connectivity index (χ1n) is 5.57. The Balaban J connectivity index is 1.73. The van der Waals surface area contributed by atoms with Crippen LogP contribution in [0.1, 0.15) is 31.0 Å². The molecule has 0 amide bonds. The molecule has 94 valence electrons. The summed E-state index contributed by atoms with van der Waals surface area (Å²) in [4.78, 5) is 11.2. The van der Waals surface area contributed by atoms with E-state index in [9.17, 15) is 4.79 Å². The highest BCUT2D eigenvalue weighted by Gasteiger charge is 2.44. The van der Waals surface area contributed by atoms with Crippen molar-refractivity contribution in [3.63, 3.8) is 0 Å². The van der Waals surface area contributed by atoms with Crippen LogP contribution in [0.5, 0.6) is 0 Å².